The van der Waals surface area contributed by atoms with E-state index >= 15 is 0 Å². The highest BCUT2D eigenvalue weighted by atomic mass is 19.4. The van der Waals surface area contributed by atoms with Crippen molar-refractivity contribution in [3.63, 3.8) is 0 Å². The summed E-state index contributed by atoms with van der Waals surface area (Å²) in [4.78, 5) is 24.3. The second-order valence-electron chi connectivity index (χ2n) is 6.61. The maximum atomic E-state index is 12.4. The van der Waals surface area contributed by atoms with E-state index < -0.39 is 41.8 Å². The largest absolute Gasteiger partial charge is 0.471 e. The van der Waals surface area contributed by atoms with Gasteiger partial charge >= 0.3 is 18.2 Å². The summed E-state index contributed by atoms with van der Waals surface area (Å²) in [6.45, 7) is 5.71. The third kappa shape index (κ3) is 4.49. The molecule has 2 amide bonds. The van der Waals surface area contributed by atoms with E-state index in [1.807, 2.05) is 5.32 Å². The minimum absolute atomic E-state index is 0.0000501. The van der Waals surface area contributed by atoms with Crippen molar-refractivity contribution in [2.75, 3.05) is 19.7 Å². The molecule has 6 nitrogen and oxygen atoms in total. The van der Waals surface area contributed by atoms with Crippen LogP contribution in [-0.2, 0) is 9.53 Å². The zero-order valence-corrected chi connectivity index (χ0v) is 13.0. The molecule has 0 aromatic carbocycles. The quantitative estimate of drug-likeness (QED) is 0.801. The molecule has 1 saturated heterocycles. The van der Waals surface area contributed by atoms with Crippen molar-refractivity contribution in [3.8, 4) is 0 Å². The lowest BCUT2D eigenvalue weighted by molar-refractivity contribution is -0.176. The second kappa shape index (κ2) is 5.94. The van der Waals surface area contributed by atoms with Crippen LogP contribution < -0.4 is 5.32 Å². The number of nitrogens with zero attached hydrogens (tertiary/aromatic N) is 1. The van der Waals surface area contributed by atoms with Gasteiger partial charge in [-0.1, -0.05) is 0 Å². The normalized spacial score (nSPS) is 26.0. The number of nitrogens with one attached hydrogen (secondary N) is 1. The molecule has 0 unspecified atom stereocenters. The van der Waals surface area contributed by atoms with Gasteiger partial charge in [0, 0.05) is 25.6 Å². The van der Waals surface area contributed by atoms with Crippen LogP contribution in [-0.4, -0.2) is 59.0 Å². The van der Waals surface area contributed by atoms with E-state index in [0.717, 1.165) is 0 Å². The van der Waals surface area contributed by atoms with Crippen LogP contribution in [0.2, 0.25) is 0 Å². The molecule has 0 aromatic heterocycles. The molecule has 1 rings (SSSR count). The van der Waals surface area contributed by atoms with E-state index in [1.165, 1.54) is 11.8 Å². The molecule has 1 heterocycles. The van der Waals surface area contributed by atoms with Crippen molar-refractivity contribution in [1.29, 1.82) is 0 Å². The molecular weight excluding hydrogens is 305 g/mol. The Morgan fingerprint density at radius 2 is 1.91 bits per heavy atom. The third-order valence-corrected chi connectivity index (χ3v) is 3.39. The summed E-state index contributed by atoms with van der Waals surface area (Å²) in [7, 11) is 0. The first kappa shape index (κ1) is 18.5. The molecule has 0 aromatic rings. The zero-order chi connectivity index (χ0) is 17.3. The average Bonchev–Trinajstić information content (AvgIpc) is 2.62. The summed E-state index contributed by atoms with van der Waals surface area (Å²) in [5, 5.41) is 11.2. The molecule has 0 aliphatic carbocycles. The van der Waals surface area contributed by atoms with Gasteiger partial charge in [0.1, 0.15) is 5.60 Å². The molecule has 0 bridgehead atoms. The summed E-state index contributed by atoms with van der Waals surface area (Å²) in [5.74, 6) is -2.81. The van der Waals surface area contributed by atoms with E-state index in [2.05, 4.69) is 0 Å². The van der Waals surface area contributed by atoms with E-state index in [4.69, 9.17) is 4.74 Å². The summed E-state index contributed by atoms with van der Waals surface area (Å²) in [6, 6.07) is 0. The van der Waals surface area contributed by atoms with Crippen molar-refractivity contribution in [3.05, 3.63) is 0 Å². The van der Waals surface area contributed by atoms with E-state index in [-0.39, 0.29) is 13.1 Å². The van der Waals surface area contributed by atoms with Crippen LogP contribution in [0.4, 0.5) is 18.0 Å². The molecule has 22 heavy (non-hydrogen) atoms. The Labute approximate surface area is 126 Å². The Morgan fingerprint density at radius 1 is 1.36 bits per heavy atom. The molecule has 1 aliphatic rings. The Hall–Kier alpha value is -1.51. The highest BCUT2D eigenvalue weighted by Crippen LogP contribution is 2.30. The lowest BCUT2D eigenvalue weighted by Crippen LogP contribution is -2.56. The number of halogens is 3. The molecular formula is C13H21F3N2O4. The number of aliphatic hydroxyl groups is 1. The number of alkyl halides is 3. The molecule has 0 saturated carbocycles. The van der Waals surface area contributed by atoms with Gasteiger partial charge in [-0.05, 0) is 27.7 Å². The molecule has 2 N–H and O–H groups in total. The number of likely N-dealkylation sites (tertiary alicyclic amines) is 1. The smallest absolute Gasteiger partial charge is 0.444 e. The average molecular weight is 326 g/mol. The van der Waals surface area contributed by atoms with Crippen molar-refractivity contribution in [2.24, 2.45) is 5.92 Å². The fraction of sp³-hybridized carbons (Fsp3) is 0.846. The van der Waals surface area contributed by atoms with E-state index in [1.54, 1.807) is 20.8 Å². The van der Waals surface area contributed by atoms with Gasteiger partial charge in [-0.2, -0.15) is 13.2 Å². The predicted octanol–water partition coefficient (Wildman–Crippen LogP) is 1.28. The topological polar surface area (TPSA) is 78.9 Å². The van der Waals surface area contributed by atoms with Crippen LogP contribution in [0.3, 0.4) is 0 Å². The molecule has 1 aliphatic heterocycles. The van der Waals surface area contributed by atoms with Crippen molar-refractivity contribution in [1.82, 2.24) is 10.2 Å². The van der Waals surface area contributed by atoms with Crippen LogP contribution >= 0.6 is 0 Å². The Kier molecular flexibility index (Phi) is 5.01. The second-order valence-corrected chi connectivity index (χ2v) is 6.61. The Morgan fingerprint density at radius 3 is 2.32 bits per heavy atom. The SMILES string of the molecule is CC(C)(C)OC(=O)N1C[C@H](CO)[C@](C)(NC(=O)C(F)(F)F)C1. The first-order valence-corrected chi connectivity index (χ1v) is 6.76. The van der Waals surface area contributed by atoms with Gasteiger partial charge in [-0.15, -0.1) is 0 Å². The van der Waals surface area contributed by atoms with Gasteiger partial charge in [0.05, 0.1) is 5.54 Å². The van der Waals surface area contributed by atoms with Gasteiger partial charge in [-0.3, -0.25) is 4.79 Å². The number of carbonyl (C=O) groups is 2. The monoisotopic (exact) mass is 326 g/mol. The summed E-state index contributed by atoms with van der Waals surface area (Å²) in [6.07, 6.45) is -5.72. The number of hydrogen-bond acceptors (Lipinski definition) is 4. The van der Waals surface area contributed by atoms with Crippen LogP contribution in [0.1, 0.15) is 27.7 Å². The number of aliphatic hydroxyl groups excluding tert-OH is 1. The standard InChI is InChI=1S/C13H21F3N2O4/c1-11(2,3)22-10(21)18-5-8(6-19)12(4,7-18)17-9(20)13(14,15)16/h8,19H,5-7H2,1-4H3,(H,17,20)/t8-,12-/m1/s1. The number of rotatable bonds is 2. The number of hydrogen-bond donors (Lipinski definition) is 2. The lowest BCUT2D eigenvalue weighted by Gasteiger charge is -2.31. The molecule has 0 radical (unpaired) electrons. The predicted molar refractivity (Wildman–Crippen MR) is 71.0 cm³/mol. The van der Waals surface area contributed by atoms with Crippen molar-refractivity contribution >= 4 is 12.0 Å². The number of amides is 2. The highest BCUT2D eigenvalue weighted by Gasteiger charge is 2.50. The van der Waals surface area contributed by atoms with E-state index in [9.17, 15) is 27.9 Å². The van der Waals surface area contributed by atoms with Gasteiger partial charge in [0.15, 0.2) is 0 Å². The first-order chi connectivity index (χ1) is 9.78. The minimum Gasteiger partial charge on any atom is -0.444 e. The van der Waals surface area contributed by atoms with Gasteiger partial charge in [-0.25, -0.2) is 4.79 Å². The Bertz CT molecular complexity index is 448. The summed E-state index contributed by atoms with van der Waals surface area (Å²) in [5.41, 5.74) is -2.13. The van der Waals surface area contributed by atoms with Gasteiger partial charge < -0.3 is 20.1 Å². The number of ether oxygens (including phenoxy) is 1. The Balaban J connectivity index is 2.84. The minimum atomic E-state index is -5.03. The third-order valence-electron chi connectivity index (χ3n) is 3.39. The number of carbonyl (C=O) groups excluding carboxylic acids is 2. The molecule has 0 spiro atoms. The fourth-order valence-corrected chi connectivity index (χ4v) is 2.25. The molecule has 9 heteroatoms. The lowest BCUT2D eigenvalue weighted by atomic mass is 9.89. The van der Waals surface area contributed by atoms with Crippen LogP contribution in [0.15, 0.2) is 0 Å². The summed E-state index contributed by atoms with van der Waals surface area (Å²) < 4.78 is 42.4. The molecule has 1 fully saturated rings. The van der Waals surface area contributed by atoms with E-state index in [0.29, 0.717) is 0 Å². The maximum Gasteiger partial charge on any atom is 0.471 e. The maximum absolute atomic E-state index is 12.4. The van der Waals surface area contributed by atoms with Crippen LogP contribution in [0.5, 0.6) is 0 Å². The fourth-order valence-electron chi connectivity index (χ4n) is 2.25. The van der Waals surface area contributed by atoms with Gasteiger partial charge in [0.25, 0.3) is 0 Å². The highest BCUT2D eigenvalue weighted by molar-refractivity contribution is 5.82. The van der Waals surface area contributed by atoms with Gasteiger partial charge in [0.2, 0.25) is 0 Å². The van der Waals surface area contributed by atoms with Crippen molar-refractivity contribution in [2.45, 2.75) is 45.0 Å². The van der Waals surface area contributed by atoms with Crippen molar-refractivity contribution < 1.29 is 32.6 Å². The summed E-state index contributed by atoms with van der Waals surface area (Å²) >= 11 is 0. The molecule has 2 atom stereocenters. The first-order valence-electron chi connectivity index (χ1n) is 6.76. The zero-order valence-electron chi connectivity index (χ0n) is 13.0. The van der Waals surface area contributed by atoms with Crippen LogP contribution in [0, 0.1) is 5.92 Å². The molecule has 128 valence electrons. The van der Waals surface area contributed by atoms with Crippen LogP contribution in [0.25, 0.3) is 0 Å².